The zero-order valence-corrected chi connectivity index (χ0v) is 24.0. The average molecular weight is 535 g/mol. The summed E-state index contributed by atoms with van der Waals surface area (Å²) in [6, 6.07) is 8.77. The van der Waals surface area contributed by atoms with Crippen LogP contribution in [0.15, 0.2) is 52.2 Å². The fraction of sp³-hybridized carbons (Fsp3) is 0.594. The minimum absolute atomic E-state index is 0.0386. The van der Waals surface area contributed by atoms with Crippen molar-refractivity contribution in [2.75, 3.05) is 32.2 Å². The summed E-state index contributed by atoms with van der Waals surface area (Å²) in [7, 11) is 4.08. The lowest BCUT2D eigenvalue weighted by atomic mass is 9.50. The van der Waals surface area contributed by atoms with Gasteiger partial charge in [0.1, 0.15) is 6.61 Å². The van der Waals surface area contributed by atoms with Gasteiger partial charge in [0, 0.05) is 44.6 Å². The maximum atomic E-state index is 13.9. The van der Waals surface area contributed by atoms with Crippen LogP contribution < -0.4 is 4.90 Å². The monoisotopic (exact) mass is 534 g/mol. The van der Waals surface area contributed by atoms with Gasteiger partial charge in [-0.1, -0.05) is 29.8 Å². The summed E-state index contributed by atoms with van der Waals surface area (Å²) in [5.74, 6) is 0.123. The molecule has 4 aliphatic rings. The zero-order chi connectivity index (χ0) is 27.9. The molecular formula is C32H42N2O5. The molecule has 5 atom stereocenters. The van der Waals surface area contributed by atoms with Crippen molar-refractivity contribution in [3.05, 3.63) is 52.6 Å². The Kier molecular flexibility index (Phi) is 7.49. The second-order valence-corrected chi connectivity index (χ2v) is 12.1. The number of hydrogen-bond donors (Lipinski definition) is 1. The van der Waals surface area contributed by atoms with Crippen LogP contribution in [-0.4, -0.2) is 55.6 Å². The number of carbonyl (C=O) groups excluding carboxylic acids is 2. The molecule has 0 aliphatic heterocycles. The van der Waals surface area contributed by atoms with E-state index >= 15 is 0 Å². The Morgan fingerprint density at radius 2 is 1.87 bits per heavy atom. The first-order valence-corrected chi connectivity index (χ1v) is 14.4. The summed E-state index contributed by atoms with van der Waals surface area (Å²) < 4.78 is 11.7. The van der Waals surface area contributed by atoms with Crippen molar-refractivity contribution in [2.45, 2.75) is 77.2 Å². The van der Waals surface area contributed by atoms with E-state index in [1.807, 2.05) is 21.0 Å². The third kappa shape index (κ3) is 4.52. The van der Waals surface area contributed by atoms with Gasteiger partial charge in [-0.05, 0) is 98.6 Å². The van der Waals surface area contributed by atoms with E-state index in [0.717, 1.165) is 49.9 Å². The van der Waals surface area contributed by atoms with Gasteiger partial charge < -0.3 is 19.6 Å². The third-order valence-corrected chi connectivity index (χ3v) is 10.0. The Morgan fingerprint density at radius 3 is 2.51 bits per heavy atom. The molecule has 39 heavy (non-hydrogen) atoms. The maximum Gasteiger partial charge on any atom is 0.303 e. The van der Waals surface area contributed by atoms with Gasteiger partial charge in [0.05, 0.1) is 5.71 Å². The van der Waals surface area contributed by atoms with E-state index in [1.165, 1.54) is 29.2 Å². The SMILES string of the molecule is CCOCC(=O)[C@@]1(OC(C)=O)CCC2C3CCC4=C/C(=N/O)CCC4=C3C(c3ccc(N(C)C)cc3)C[C@@]21C. The minimum atomic E-state index is -1.18. The molecule has 210 valence electrons. The Bertz CT molecular complexity index is 1230. The van der Waals surface area contributed by atoms with Crippen LogP contribution >= 0.6 is 0 Å². The summed E-state index contributed by atoms with van der Waals surface area (Å²) >= 11 is 0. The fourth-order valence-electron chi connectivity index (χ4n) is 8.28. The number of Topliss-reactive ketones (excluding diaryl/α,β-unsaturated/α-hetero) is 1. The Hall–Kier alpha value is -2.93. The normalized spacial score (nSPS) is 32.7. The van der Waals surface area contributed by atoms with Crippen LogP contribution in [0.5, 0.6) is 0 Å². The number of anilines is 1. The fourth-order valence-corrected chi connectivity index (χ4v) is 8.28. The largest absolute Gasteiger partial charge is 0.451 e. The summed E-state index contributed by atoms with van der Waals surface area (Å²) in [5, 5.41) is 13.0. The van der Waals surface area contributed by atoms with E-state index in [0.29, 0.717) is 18.9 Å². The van der Waals surface area contributed by atoms with Gasteiger partial charge in [-0.3, -0.25) is 9.59 Å². The predicted octanol–water partition coefficient (Wildman–Crippen LogP) is 5.82. The number of nitrogens with zero attached hydrogens (tertiary/aromatic N) is 2. The van der Waals surface area contributed by atoms with Crippen LogP contribution in [0, 0.1) is 17.3 Å². The van der Waals surface area contributed by atoms with Crippen molar-refractivity contribution in [1.29, 1.82) is 0 Å². The molecule has 2 fully saturated rings. The highest BCUT2D eigenvalue weighted by molar-refractivity contribution is 5.97. The molecular weight excluding hydrogens is 492 g/mol. The Morgan fingerprint density at radius 1 is 1.13 bits per heavy atom. The van der Waals surface area contributed by atoms with Crippen LogP contribution in [0.2, 0.25) is 0 Å². The van der Waals surface area contributed by atoms with Gasteiger partial charge in [-0.2, -0.15) is 0 Å². The average Bonchev–Trinajstić information content (AvgIpc) is 3.22. The number of ketones is 1. The molecule has 2 saturated carbocycles. The highest BCUT2D eigenvalue weighted by Gasteiger charge is 2.68. The van der Waals surface area contributed by atoms with Crippen molar-refractivity contribution < 1.29 is 24.3 Å². The van der Waals surface area contributed by atoms with E-state index in [9.17, 15) is 14.8 Å². The van der Waals surface area contributed by atoms with Crippen LogP contribution in [0.4, 0.5) is 5.69 Å². The van der Waals surface area contributed by atoms with Gasteiger partial charge in [0.2, 0.25) is 5.78 Å². The lowest BCUT2D eigenvalue weighted by Crippen LogP contribution is -2.58. The number of benzene rings is 1. The van der Waals surface area contributed by atoms with Crippen LogP contribution in [0.25, 0.3) is 0 Å². The number of ether oxygens (including phenoxy) is 2. The molecule has 0 aromatic heterocycles. The molecule has 7 nitrogen and oxygen atoms in total. The second kappa shape index (κ2) is 10.6. The van der Waals surface area contributed by atoms with E-state index in [1.54, 1.807) is 0 Å². The molecule has 0 bridgehead atoms. The van der Waals surface area contributed by atoms with E-state index < -0.39 is 17.0 Å². The van der Waals surface area contributed by atoms with Crippen LogP contribution in [0.3, 0.4) is 0 Å². The number of allylic oxidation sites excluding steroid dienone is 4. The molecule has 3 unspecified atom stereocenters. The second-order valence-electron chi connectivity index (χ2n) is 12.1. The van der Waals surface area contributed by atoms with Crippen LogP contribution in [-0.2, 0) is 19.1 Å². The minimum Gasteiger partial charge on any atom is -0.451 e. The van der Waals surface area contributed by atoms with E-state index in [4.69, 9.17) is 9.47 Å². The van der Waals surface area contributed by atoms with Crippen molar-refractivity contribution in [3.63, 3.8) is 0 Å². The van der Waals surface area contributed by atoms with Crippen molar-refractivity contribution in [2.24, 2.45) is 22.4 Å². The summed E-state index contributed by atoms with van der Waals surface area (Å²) in [4.78, 5) is 28.5. The van der Waals surface area contributed by atoms with Crippen molar-refractivity contribution in [3.8, 4) is 0 Å². The lowest BCUT2D eigenvalue weighted by Gasteiger charge is -2.55. The molecule has 0 saturated heterocycles. The molecule has 0 amide bonds. The third-order valence-electron chi connectivity index (χ3n) is 10.0. The highest BCUT2D eigenvalue weighted by atomic mass is 16.6. The first kappa shape index (κ1) is 27.6. The van der Waals surface area contributed by atoms with Gasteiger partial charge in [-0.25, -0.2) is 0 Å². The predicted molar refractivity (Wildman–Crippen MR) is 151 cm³/mol. The highest BCUT2D eigenvalue weighted by Crippen LogP contribution is 2.67. The molecule has 4 aliphatic carbocycles. The molecule has 5 rings (SSSR count). The lowest BCUT2D eigenvalue weighted by molar-refractivity contribution is -0.185. The molecule has 1 N–H and O–H groups in total. The van der Waals surface area contributed by atoms with Crippen molar-refractivity contribution in [1.82, 2.24) is 0 Å². The van der Waals surface area contributed by atoms with E-state index in [-0.39, 0.29) is 24.2 Å². The smallest absolute Gasteiger partial charge is 0.303 e. The van der Waals surface area contributed by atoms with Gasteiger partial charge in [0.15, 0.2) is 5.60 Å². The Labute approximate surface area is 231 Å². The zero-order valence-electron chi connectivity index (χ0n) is 24.0. The number of esters is 1. The summed E-state index contributed by atoms with van der Waals surface area (Å²) in [6.45, 7) is 5.89. The number of rotatable bonds is 7. The maximum absolute atomic E-state index is 13.9. The molecule has 0 radical (unpaired) electrons. The van der Waals surface area contributed by atoms with Crippen LogP contribution in [0.1, 0.15) is 77.2 Å². The van der Waals surface area contributed by atoms with E-state index in [2.05, 4.69) is 47.3 Å². The first-order chi connectivity index (χ1) is 18.6. The summed E-state index contributed by atoms with van der Waals surface area (Å²) in [5.41, 5.74) is 5.61. The molecule has 0 spiro atoms. The number of fused-ring (bicyclic) bond motifs is 4. The first-order valence-electron chi connectivity index (χ1n) is 14.4. The quantitative estimate of drug-likeness (QED) is 0.269. The Balaban J connectivity index is 1.66. The van der Waals surface area contributed by atoms with Gasteiger partial charge in [-0.15, -0.1) is 0 Å². The number of oxime groups is 1. The molecule has 0 heterocycles. The van der Waals surface area contributed by atoms with Gasteiger partial charge in [0.25, 0.3) is 0 Å². The molecule has 1 aromatic carbocycles. The standard InChI is InChI=1S/C32H42N2O5/c1-6-38-19-29(36)32(39-20(2)35)16-15-28-26-13-9-22-17-23(33-37)10-14-25(22)30(26)27(18-31(28,32)3)21-7-11-24(12-8-21)34(4)5/h7-8,11-12,17,26-28,37H,6,9-10,13-16,18-19H2,1-5H3/b33-23+/t26?,27?,28?,31-,32-/m0/s1. The van der Waals surface area contributed by atoms with Crippen molar-refractivity contribution >= 4 is 23.2 Å². The number of hydrogen-bond acceptors (Lipinski definition) is 7. The molecule has 7 heteroatoms. The molecule has 1 aromatic rings. The topological polar surface area (TPSA) is 88.4 Å². The number of carbonyl (C=O) groups is 2. The van der Waals surface area contributed by atoms with Gasteiger partial charge >= 0.3 is 5.97 Å². The summed E-state index contributed by atoms with van der Waals surface area (Å²) in [6.07, 6.45) is 7.68.